The predicted molar refractivity (Wildman–Crippen MR) is 95.8 cm³/mol. The average Bonchev–Trinajstić information content (AvgIpc) is 2.70. The number of aromatic hydroxyl groups is 1. The van der Waals surface area contributed by atoms with Gasteiger partial charge in [0.25, 0.3) is 0 Å². The van der Waals surface area contributed by atoms with Crippen molar-refractivity contribution in [3.05, 3.63) is 57.6 Å². The Hall–Kier alpha value is -2.27. The normalized spacial score (nSPS) is 15.6. The number of fused-ring (bicyclic) bond motifs is 1. The van der Waals surface area contributed by atoms with E-state index in [1.807, 2.05) is 25.1 Å². The number of Topliss-reactive ketones (excluding diaryl/α,β-unsaturated/α-hetero) is 1. The van der Waals surface area contributed by atoms with Crippen LogP contribution in [0.1, 0.15) is 29.3 Å². The molecule has 0 saturated carbocycles. The summed E-state index contributed by atoms with van der Waals surface area (Å²) in [6.45, 7) is 2.76. The first kappa shape index (κ1) is 16.6. The molecule has 0 spiro atoms. The fraction of sp³-hybridized carbons (Fsp3) is 0.211. The summed E-state index contributed by atoms with van der Waals surface area (Å²) < 4.78 is 12.0. The Kier molecular flexibility index (Phi) is 4.90. The van der Waals surface area contributed by atoms with Crippen molar-refractivity contribution in [1.29, 1.82) is 0 Å². The summed E-state index contributed by atoms with van der Waals surface area (Å²) in [5.74, 6) is 1.05. The van der Waals surface area contributed by atoms with Gasteiger partial charge in [-0.05, 0) is 48.9 Å². The Bertz CT molecular complexity index is 811. The summed E-state index contributed by atoms with van der Waals surface area (Å²) in [7, 11) is 0. The first-order chi connectivity index (χ1) is 11.6. The molecular weight excluding hydrogens is 372 g/mol. The van der Waals surface area contributed by atoms with E-state index in [2.05, 4.69) is 15.9 Å². The number of rotatable bonds is 3. The molecule has 4 nitrogen and oxygen atoms in total. The Balaban J connectivity index is 1.97. The van der Waals surface area contributed by atoms with Gasteiger partial charge in [0.2, 0.25) is 0 Å². The third-order valence-electron chi connectivity index (χ3n) is 3.73. The van der Waals surface area contributed by atoms with Crippen molar-refractivity contribution in [2.75, 3.05) is 13.2 Å². The summed E-state index contributed by atoms with van der Waals surface area (Å²) in [4.78, 5) is 12.8. The lowest BCUT2D eigenvalue weighted by Gasteiger charge is -2.08. The molecule has 2 aromatic rings. The lowest BCUT2D eigenvalue weighted by molar-refractivity contribution is 0.103. The van der Waals surface area contributed by atoms with Crippen LogP contribution in [0.2, 0.25) is 0 Å². The molecule has 0 amide bonds. The smallest absolute Gasteiger partial charge is 0.192 e. The van der Waals surface area contributed by atoms with Crippen molar-refractivity contribution in [2.24, 2.45) is 0 Å². The SMILES string of the molecule is CCOc1cc(/C=C2\CCOc3cc(Br)ccc3C2=O)ccc1O. The molecule has 0 unspecified atom stereocenters. The monoisotopic (exact) mass is 388 g/mol. The van der Waals surface area contributed by atoms with Crippen LogP contribution >= 0.6 is 15.9 Å². The van der Waals surface area contributed by atoms with Gasteiger partial charge in [-0.25, -0.2) is 0 Å². The van der Waals surface area contributed by atoms with Gasteiger partial charge in [-0.1, -0.05) is 22.0 Å². The third kappa shape index (κ3) is 3.46. The zero-order valence-corrected chi connectivity index (χ0v) is 14.8. The van der Waals surface area contributed by atoms with E-state index >= 15 is 0 Å². The number of hydrogen-bond acceptors (Lipinski definition) is 4. The molecule has 1 N–H and O–H groups in total. The predicted octanol–water partition coefficient (Wildman–Crippen LogP) is 4.60. The summed E-state index contributed by atoms with van der Waals surface area (Å²) in [6, 6.07) is 10.5. The lowest BCUT2D eigenvalue weighted by Crippen LogP contribution is -2.02. The van der Waals surface area contributed by atoms with Gasteiger partial charge in [0.05, 0.1) is 18.8 Å². The highest BCUT2D eigenvalue weighted by Crippen LogP contribution is 2.32. The number of benzene rings is 2. The highest BCUT2D eigenvalue weighted by Gasteiger charge is 2.21. The molecule has 24 heavy (non-hydrogen) atoms. The summed E-state index contributed by atoms with van der Waals surface area (Å²) >= 11 is 3.39. The molecule has 0 atom stereocenters. The van der Waals surface area contributed by atoms with Gasteiger partial charge >= 0.3 is 0 Å². The van der Waals surface area contributed by atoms with Gasteiger partial charge in [0.15, 0.2) is 17.3 Å². The molecule has 0 saturated heterocycles. The van der Waals surface area contributed by atoms with E-state index in [1.54, 1.807) is 24.3 Å². The highest BCUT2D eigenvalue weighted by molar-refractivity contribution is 9.10. The molecule has 1 aliphatic heterocycles. The number of carbonyl (C=O) groups excluding carboxylic acids is 1. The Morgan fingerprint density at radius 2 is 2.12 bits per heavy atom. The summed E-state index contributed by atoms with van der Waals surface area (Å²) in [6.07, 6.45) is 2.35. The second-order valence-corrected chi connectivity index (χ2v) is 6.31. The van der Waals surface area contributed by atoms with Crippen molar-refractivity contribution in [3.8, 4) is 17.2 Å². The highest BCUT2D eigenvalue weighted by atomic mass is 79.9. The number of ether oxygens (including phenoxy) is 2. The number of carbonyl (C=O) groups is 1. The van der Waals surface area contributed by atoms with Crippen molar-refractivity contribution in [2.45, 2.75) is 13.3 Å². The van der Waals surface area contributed by atoms with Crippen molar-refractivity contribution in [3.63, 3.8) is 0 Å². The topological polar surface area (TPSA) is 55.8 Å². The van der Waals surface area contributed by atoms with Crippen LogP contribution in [-0.4, -0.2) is 24.1 Å². The van der Waals surface area contributed by atoms with Crippen molar-refractivity contribution in [1.82, 2.24) is 0 Å². The maximum absolute atomic E-state index is 12.8. The van der Waals surface area contributed by atoms with Gasteiger partial charge in [0, 0.05) is 16.5 Å². The quantitative estimate of drug-likeness (QED) is 0.780. The lowest BCUT2D eigenvalue weighted by atomic mass is 9.99. The van der Waals surface area contributed by atoms with E-state index in [0.717, 1.165) is 10.0 Å². The summed E-state index contributed by atoms with van der Waals surface area (Å²) in [5.41, 5.74) is 2.04. The standard InChI is InChI=1S/C19H17BrO4/c1-2-23-18-10-12(3-6-16(18)21)9-13-7-8-24-17-11-14(20)4-5-15(17)19(13)22/h3-6,9-11,21H,2,7-8H2,1H3/b13-9+. The first-order valence-electron chi connectivity index (χ1n) is 7.72. The van der Waals surface area contributed by atoms with E-state index in [1.165, 1.54) is 0 Å². The third-order valence-corrected chi connectivity index (χ3v) is 4.23. The van der Waals surface area contributed by atoms with Crippen LogP contribution in [-0.2, 0) is 0 Å². The van der Waals surface area contributed by atoms with Crippen LogP contribution in [0.25, 0.3) is 6.08 Å². The average molecular weight is 389 g/mol. The van der Waals surface area contributed by atoms with E-state index in [0.29, 0.717) is 42.3 Å². The van der Waals surface area contributed by atoms with Crippen LogP contribution < -0.4 is 9.47 Å². The molecule has 0 aliphatic carbocycles. The van der Waals surface area contributed by atoms with Gasteiger partial charge in [0.1, 0.15) is 5.75 Å². The van der Waals surface area contributed by atoms with Crippen LogP contribution in [0.15, 0.2) is 46.4 Å². The largest absolute Gasteiger partial charge is 0.504 e. The van der Waals surface area contributed by atoms with Crippen molar-refractivity contribution >= 4 is 27.8 Å². The van der Waals surface area contributed by atoms with E-state index < -0.39 is 0 Å². The fourth-order valence-corrected chi connectivity index (χ4v) is 2.93. The van der Waals surface area contributed by atoms with Crippen LogP contribution in [0.5, 0.6) is 17.2 Å². The van der Waals surface area contributed by atoms with E-state index in [-0.39, 0.29) is 11.5 Å². The van der Waals surface area contributed by atoms with Crippen LogP contribution in [0.4, 0.5) is 0 Å². The number of phenolic OH excluding ortho intramolecular Hbond substituents is 1. The van der Waals surface area contributed by atoms with Gasteiger partial charge in [-0.2, -0.15) is 0 Å². The Morgan fingerprint density at radius 3 is 2.92 bits per heavy atom. The first-order valence-corrected chi connectivity index (χ1v) is 8.51. The molecule has 0 fully saturated rings. The minimum Gasteiger partial charge on any atom is -0.504 e. The number of halogens is 1. The second-order valence-electron chi connectivity index (χ2n) is 5.40. The zero-order chi connectivity index (χ0) is 17.1. The van der Waals surface area contributed by atoms with Gasteiger partial charge in [-0.15, -0.1) is 0 Å². The Labute approximate surface area is 148 Å². The van der Waals surface area contributed by atoms with Gasteiger partial charge < -0.3 is 14.6 Å². The maximum atomic E-state index is 12.8. The molecule has 5 heteroatoms. The molecule has 2 aromatic carbocycles. The molecule has 0 radical (unpaired) electrons. The molecule has 3 rings (SSSR count). The molecule has 0 bridgehead atoms. The second kappa shape index (κ2) is 7.09. The minimum atomic E-state index is -0.0407. The molecule has 1 heterocycles. The fourth-order valence-electron chi connectivity index (χ4n) is 2.59. The Morgan fingerprint density at radius 1 is 1.29 bits per heavy atom. The summed E-state index contributed by atoms with van der Waals surface area (Å²) in [5, 5.41) is 9.79. The molecule has 0 aromatic heterocycles. The van der Waals surface area contributed by atoms with Crippen LogP contribution in [0, 0.1) is 0 Å². The zero-order valence-electron chi connectivity index (χ0n) is 13.2. The van der Waals surface area contributed by atoms with E-state index in [4.69, 9.17) is 9.47 Å². The van der Waals surface area contributed by atoms with Gasteiger partial charge in [-0.3, -0.25) is 4.79 Å². The van der Waals surface area contributed by atoms with Crippen LogP contribution in [0.3, 0.4) is 0 Å². The number of phenols is 1. The number of hydrogen-bond donors (Lipinski definition) is 1. The molecular formula is C19H17BrO4. The minimum absolute atomic E-state index is 0.0407. The number of ketones is 1. The van der Waals surface area contributed by atoms with E-state index in [9.17, 15) is 9.90 Å². The maximum Gasteiger partial charge on any atom is 0.192 e. The van der Waals surface area contributed by atoms with Crippen molar-refractivity contribution < 1.29 is 19.4 Å². The molecule has 124 valence electrons. The molecule has 1 aliphatic rings.